The topological polar surface area (TPSA) is 78.9 Å². The highest BCUT2D eigenvalue weighted by atomic mass is 16.6. The van der Waals surface area contributed by atoms with Gasteiger partial charge in [-0.15, -0.1) is 0 Å². The molecule has 6 heteroatoms. The van der Waals surface area contributed by atoms with E-state index >= 15 is 0 Å². The molecule has 396 valence electrons. The normalized spacial score (nSPS) is 12.7. The van der Waals surface area contributed by atoms with E-state index < -0.39 is 6.10 Å². The molecule has 0 saturated heterocycles. The highest BCUT2D eigenvalue weighted by Gasteiger charge is 2.19. The van der Waals surface area contributed by atoms with E-state index in [-0.39, 0.29) is 31.1 Å². The van der Waals surface area contributed by atoms with E-state index in [1.165, 1.54) is 128 Å². The van der Waals surface area contributed by atoms with Crippen LogP contribution >= 0.6 is 0 Å². The SMILES string of the molecule is CC/C=C\C/C=C\C/C=C\C/C=C\CCCCCCCCCCCCCCC(=O)OCC(COC(=O)CCCCCCCCCCCCCCC)OC(=O)CCCCC/C=C\C/C=C\C/C=C\CC. The molecule has 0 radical (unpaired) electrons. The third-order valence-corrected chi connectivity index (χ3v) is 12.4. The van der Waals surface area contributed by atoms with E-state index in [4.69, 9.17) is 14.2 Å². The van der Waals surface area contributed by atoms with Crippen molar-refractivity contribution in [3.05, 3.63) is 85.1 Å². The van der Waals surface area contributed by atoms with Gasteiger partial charge in [0.2, 0.25) is 0 Å². The Balaban J connectivity index is 4.28. The van der Waals surface area contributed by atoms with Gasteiger partial charge in [-0.2, -0.15) is 0 Å². The van der Waals surface area contributed by atoms with E-state index in [9.17, 15) is 14.4 Å². The molecule has 0 aliphatic rings. The molecule has 0 aromatic carbocycles. The number of unbranched alkanes of at least 4 members (excludes halogenated alkanes) is 27. The third-order valence-electron chi connectivity index (χ3n) is 12.4. The Kier molecular flexibility index (Phi) is 54.3. The summed E-state index contributed by atoms with van der Waals surface area (Å²) >= 11 is 0. The Labute approximate surface area is 426 Å². The highest BCUT2D eigenvalue weighted by Crippen LogP contribution is 2.16. The van der Waals surface area contributed by atoms with Gasteiger partial charge in [-0.3, -0.25) is 14.4 Å². The van der Waals surface area contributed by atoms with Crippen molar-refractivity contribution in [1.29, 1.82) is 0 Å². The van der Waals surface area contributed by atoms with Gasteiger partial charge in [0.25, 0.3) is 0 Å². The van der Waals surface area contributed by atoms with Gasteiger partial charge in [-0.1, -0.05) is 254 Å². The van der Waals surface area contributed by atoms with E-state index in [2.05, 4.69) is 106 Å². The number of hydrogen-bond donors (Lipinski definition) is 0. The predicted molar refractivity (Wildman–Crippen MR) is 297 cm³/mol. The van der Waals surface area contributed by atoms with Crippen LogP contribution in [0.2, 0.25) is 0 Å². The summed E-state index contributed by atoms with van der Waals surface area (Å²) in [6.45, 7) is 6.40. The number of rotatable bonds is 52. The molecule has 0 aromatic heterocycles. The zero-order chi connectivity index (χ0) is 50.0. The fraction of sp³-hybridized carbons (Fsp3) is 0.730. The molecule has 0 aliphatic carbocycles. The molecular formula is C63H108O6. The molecule has 0 N–H and O–H groups in total. The van der Waals surface area contributed by atoms with Crippen molar-refractivity contribution in [3.63, 3.8) is 0 Å². The van der Waals surface area contributed by atoms with Gasteiger partial charge in [0, 0.05) is 19.3 Å². The maximum Gasteiger partial charge on any atom is 0.306 e. The van der Waals surface area contributed by atoms with Crippen molar-refractivity contribution in [2.45, 2.75) is 284 Å². The lowest BCUT2D eigenvalue weighted by atomic mass is 10.0. The largest absolute Gasteiger partial charge is 0.462 e. The molecular weight excluding hydrogens is 853 g/mol. The summed E-state index contributed by atoms with van der Waals surface area (Å²) < 4.78 is 16.8. The number of allylic oxidation sites excluding steroid dienone is 14. The van der Waals surface area contributed by atoms with Gasteiger partial charge in [0.05, 0.1) is 0 Å². The summed E-state index contributed by atoms with van der Waals surface area (Å²) in [6, 6.07) is 0. The quantitative estimate of drug-likeness (QED) is 0.0262. The highest BCUT2D eigenvalue weighted by molar-refractivity contribution is 5.71. The van der Waals surface area contributed by atoms with Gasteiger partial charge in [-0.25, -0.2) is 0 Å². The monoisotopic (exact) mass is 961 g/mol. The molecule has 0 amide bonds. The molecule has 1 unspecified atom stereocenters. The zero-order valence-corrected chi connectivity index (χ0v) is 45.3. The van der Waals surface area contributed by atoms with Crippen LogP contribution in [0.3, 0.4) is 0 Å². The first-order valence-corrected chi connectivity index (χ1v) is 29.1. The lowest BCUT2D eigenvalue weighted by molar-refractivity contribution is -0.167. The van der Waals surface area contributed by atoms with Crippen LogP contribution in [0.5, 0.6) is 0 Å². The van der Waals surface area contributed by atoms with E-state index in [1.54, 1.807) is 0 Å². The van der Waals surface area contributed by atoms with Gasteiger partial charge in [0.15, 0.2) is 6.10 Å². The average molecular weight is 962 g/mol. The Hall–Kier alpha value is -3.41. The Morgan fingerprint density at radius 1 is 0.304 bits per heavy atom. The second-order valence-electron chi connectivity index (χ2n) is 19.1. The van der Waals surface area contributed by atoms with Crippen LogP contribution in [0.1, 0.15) is 278 Å². The maximum absolute atomic E-state index is 12.8. The van der Waals surface area contributed by atoms with Crippen LogP contribution in [0.25, 0.3) is 0 Å². The summed E-state index contributed by atoms with van der Waals surface area (Å²) in [7, 11) is 0. The van der Waals surface area contributed by atoms with Gasteiger partial charge < -0.3 is 14.2 Å². The standard InChI is InChI=1S/C63H108O6/c1-4-7-10-13-16-19-22-25-26-27-28-29-30-31-32-33-34-35-36-39-41-44-47-50-53-56-62(65)68-59-60(69-63(66)57-54-51-48-45-42-38-24-21-18-15-12-9-6-3)58-67-61(64)55-52-49-46-43-40-37-23-20-17-14-11-8-5-2/h7,9-10,12,16,18-19,21,25-26,28-29,38,42,60H,4-6,8,11,13-15,17,20,22-24,27,30-37,39-41,43-59H2,1-3H3/b10-7-,12-9-,19-16-,21-18-,26-25-,29-28-,42-38-. The van der Waals surface area contributed by atoms with Crippen LogP contribution in [0.4, 0.5) is 0 Å². The Morgan fingerprint density at radius 3 is 0.899 bits per heavy atom. The number of hydrogen-bond acceptors (Lipinski definition) is 6. The molecule has 0 spiro atoms. The predicted octanol–water partition coefficient (Wildman–Crippen LogP) is 19.5. The molecule has 6 nitrogen and oxygen atoms in total. The van der Waals surface area contributed by atoms with Crippen LogP contribution in [-0.4, -0.2) is 37.2 Å². The van der Waals surface area contributed by atoms with Crippen molar-refractivity contribution < 1.29 is 28.6 Å². The summed E-state index contributed by atoms with van der Waals surface area (Å²) in [5, 5.41) is 0. The van der Waals surface area contributed by atoms with Crippen LogP contribution < -0.4 is 0 Å². The van der Waals surface area contributed by atoms with Crippen molar-refractivity contribution in [1.82, 2.24) is 0 Å². The van der Waals surface area contributed by atoms with E-state index in [0.717, 1.165) is 109 Å². The zero-order valence-electron chi connectivity index (χ0n) is 45.3. The minimum absolute atomic E-state index is 0.0862. The van der Waals surface area contributed by atoms with Gasteiger partial charge >= 0.3 is 17.9 Å². The van der Waals surface area contributed by atoms with E-state index in [1.807, 2.05) is 0 Å². The Bertz CT molecular complexity index is 1330. The molecule has 69 heavy (non-hydrogen) atoms. The number of esters is 3. The molecule has 0 aliphatic heterocycles. The number of carbonyl (C=O) groups excluding carboxylic acids is 3. The van der Waals surface area contributed by atoms with Crippen molar-refractivity contribution in [2.24, 2.45) is 0 Å². The fourth-order valence-electron chi connectivity index (χ4n) is 8.10. The lowest BCUT2D eigenvalue weighted by Crippen LogP contribution is -2.30. The molecule has 1 atom stereocenters. The minimum Gasteiger partial charge on any atom is -0.462 e. The lowest BCUT2D eigenvalue weighted by Gasteiger charge is -2.18. The van der Waals surface area contributed by atoms with Gasteiger partial charge in [0.1, 0.15) is 13.2 Å². The van der Waals surface area contributed by atoms with Crippen molar-refractivity contribution in [3.8, 4) is 0 Å². The van der Waals surface area contributed by atoms with Gasteiger partial charge in [-0.05, 0) is 89.9 Å². The summed E-state index contributed by atoms with van der Waals surface area (Å²) in [4.78, 5) is 38.1. The molecule has 0 saturated carbocycles. The summed E-state index contributed by atoms with van der Waals surface area (Å²) in [5.41, 5.74) is 0. The number of ether oxygens (including phenoxy) is 3. The maximum atomic E-state index is 12.8. The minimum atomic E-state index is -0.790. The van der Waals surface area contributed by atoms with Crippen LogP contribution in [0.15, 0.2) is 85.1 Å². The molecule has 0 rings (SSSR count). The molecule has 0 aromatic rings. The molecule has 0 bridgehead atoms. The third kappa shape index (κ3) is 55.4. The number of carbonyl (C=O) groups is 3. The van der Waals surface area contributed by atoms with Crippen LogP contribution in [0, 0.1) is 0 Å². The average Bonchev–Trinajstić information content (AvgIpc) is 3.35. The molecule has 0 fully saturated rings. The van der Waals surface area contributed by atoms with Crippen molar-refractivity contribution in [2.75, 3.05) is 13.2 Å². The smallest absolute Gasteiger partial charge is 0.306 e. The second-order valence-corrected chi connectivity index (χ2v) is 19.1. The molecule has 0 heterocycles. The summed E-state index contributed by atoms with van der Waals surface area (Å²) in [6.07, 6.45) is 74.4. The first kappa shape index (κ1) is 65.6. The second kappa shape index (κ2) is 57.2. The van der Waals surface area contributed by atoms with Crippen LogP contribution in [-0.2, 0) is 28.6 Å². The fourth-order valence-corrected chi connectivity index (χ4v) is 8.10. The van der Waals surface area contributed by atoms with E-state index in [0.29, 0.717) is 19.3 Å². The first-order chi connectivity index (χ1) is 34.0. The summed E-state index contributed by atoms with van der Waals surface area (Å²) in [5.74, 6) is -0.911. The Morgan fingerprint density at radius 2 is 0.565 bits per heavy atom. The first-order valence-electron chi connectivity index (χ1n) is 29.1. The van der Waals surface area contributed by atoms with Crippen molar-refractivity contribution >= 4 is 17.9 Å².